The number of fused-ring (bicyclic) bond motifs is 1. The number of halogens is 1. The average Bonchev–Trinajstić information content (AvgIpc) is 3.56. The van der Waals surface area contributed by atoms with Gasteiger partial charge in [-0.3, -0.25) is 14.9 Å². The third-order valence-corrected chi connectivity index (χ3v) is 7.54. The Morgan fingerprint density at radius 3 is 2.27 bits per heavy atom. The maximum absolute atomic E-state index is 13.8. The van der Waals surface area contributed by atoms with Crippen LogP contribution in [0.25, 0.3) is 0 Å². The van der Waals surface area contributed by atoms with E-state index in [0.717, 1.165) is 5.56 Å². The first-order valence-corrected chi connectivity index (χ1v) is 13.7. The number of nitrogens with one attached hydrogen (secondary N) is 1. The summed E-state index contributed by atoms with van der Waals surface area (Å²) in [6.07, 6.45) is -2.84. The number of hydrogen-bond acceptors (Lipinski definition) is 9. The van der Waals surface area contributed by atoms with Gasteiger partial charge < -0.3 is 28.4 Å². The summed E-state index contributed by atoms with van der Waals surface area (Å²) in [5.41, 5.74) is 1.57. The van der Waals surface area contributed by atoms with E-state index in [1.807, 2.05) is 30.3 Å². The Kier molecular flexibility index (Phi) is 8.53. The van der Waals surface area contributed by atoms with Crippen LogP contribution in [0.4, 0.5) is 4.39 Å². The van der Waals surface area contributed by atoms with Gasteiger partial charge in [0.2, 0.25) is 0 Å². The maximum Gasteiger partial charge on any atom is 0.323 e. The van der Waals surface area contributed by atoms with Crippen molar-refractivity contribution in [1.29, 1.82) is 0 Å². The summed E-state index contributed by atoms with van der Waals surface area (Å²) >= 11 is 0. The standard InChI is InChI=1S/C30H36FNO8/c1-5-35-27(33)21-20(23(28(34)36-6-2)32-22(21)18-12-14-19(31)15-13-18)24-25(37-16-17-10-8-7-9-11-17)26-29(38-24)40-30(3,4)39-26/h7-15,20-26,29,32H,5-6,16H2,1-4H3/t20-,21-,22-,23-,24-,25-,26+,29+/m0/s1. The molecule has 3 aliphatic heterocycles. The molecule has 2 aromatic carbocycles. The Hall–Kier alpha value is -2.89. The molecule has 0 spiro atoms. The van der Waals surface area contributed by atoms with Gasteiger partial charge in [0.05, 0.1) is 31.8 Å². The maximum atomic E-state index is 13.8. The van der Waals surface area contributed by atoms with E-state index in [4.69, 9.17) is 28.4 Å². The lowest BCUT2D eigenvalue weighted by atomic mass is 9.79. The van der Waals surface area contributed by atoms with E-state index in [1.54, 1.807) is 39.8 Å². The van der Waals surface area contributed by atoms with Crippen molar-refractivity contribution in [2.24, 2.45) is 11.8 Å². The van der Waals surface area contributed by atoms with Crippen molar-refractivity contribution >= 4 is 11.9 Å². The minimum atomic E-state index is -0.941. The molecule has 0 unspecified atom stereocenters. The molecular weight excluding hydrogens is 521 g/mol. The summed E-state index contributed by atoms with van der Waals surface area (Å²) < 4.78 is 49.9. The van der Waals surface area contributed by atoms with Gasteiger partial charge in [-0.05, 0) is 51.0 Å². The molecule has 40 heavy (non-hydrogen) atoms. The Morgan fingerprint density at radius 1 is 0.925 bits per heavy atom. The van der Waals surface area contributed by atoms with E-state index in [0.29, 0.717) is 5.56 Å². The molecule has 5 rings (SSSR count). The van der Waals surface area contributed by atoms with Crippen LogP contribution < -0.4 is 5.32 Å². The fourth-order valence-corrected chi connectivity index (χ4v) is 5.96. The van der Waals surface area contributed by atoms with Crippen LogP contribution >= 0.6 is 0 Å². The highest BCUT2D eigenvalue weighted by Gasteiger charge is 2.63. The monoisotopic (exact) mass is 557 g/mol. The Labute approximate surface area is 233 Å². The number of ether oxygens (including phenoxy) is 6. The number of benzene rings is 2. The smallest absolute Gasteiger partial charge is 0.323 e. The van der Waals surface area contributed by atoms with Crippen LogP contribution in [-0.4, -0.2) is 61.6 Å². The lowest BCUT2D eigenvalue weighted by Gasteiger charge is -2.33. The number of esters is 2. The van der Waals surface area contributed by atoms with Gasteiger partial charge in [0.25, 0.3) is 0 Å². The molecule has 0 aliphatic carbocycles. The van der Waals surface area contributed by atoms with Crippen LogP contribution in [0.3, 0.4) is 0 Å². The molecular formula is C30H36FNO8. The first-order valence-electron chi connectivity index (χ1n) is 13.7. The van der Waals surface area contributed by atoms with Crippen LogP contribution in [0.2, 0.25) is 0 Å². The van der Waals surface area contributed by atoms with Crippen LogP contribution in [0.5, 0.6) is 0 Å². The molecule has 216 valence electrons. The summed E-state index contributed by atoms with van der Waals surface area (Å²) in [7, 11) is 0. The molecule has 0 bridgehead atoms. The zero-order valence-corrected chi connectivity index (χ0v) is 23.1. The first kappa shape index (κ1) is 28.6. The number of hydrogen-bond donors (Lipinski definition) is 1. The van der Waals surface area contributed by atoms with Crippen LogP contribution in [0, 0.1) is 17.7 Å². The fourth-order valence-electron chi connectivity index (χ4n) is 5.96. The normalized spacial score (nSPS) is 32.5. The quantitative estimate of drug-likeness (QED) is 0.463. The van der Waals surface area contributed by atoms with Gasteiger partial charge in [-0.1, -0.05) is 42.5 Å². The highest BCUT2D eigenvalue weighted by atomic mass is 19.1. The molecule has 10 heteroatoms. The molecule has 3 heterocycles. The molecule has 3 saturated heterocycles. The van der Waals surface area contributed by atoms with Gasteiger partial charge in [-0.25, -0.2) is 4.39 Å². The van der Waals surface area contributed by atoms with Gasteiger partial charge in [0.15, 0.2) is 12.1 Å². The van der Waals surface area contributed by atoms with Gasteiger partial charge >= 0.3 is 11.9 Å². The summed E-state index contributed by atoms with van der Waals surface area (Å²) in [6, 6.07) is 13.9. The van der Waals surface area contributed by atoms with Gasteiger partial charge in [0, 0.05) is 12.0 Å². The van der Waals surface area contributed by atoms with Gasteiger partial charge in [-0.15, -0.1) is 0 Å². The minimum Gasteiger partial charge on any atom is -0.466 e. The lowest BCUT2D eigenvalue weighted by molar-refractivity contribution is -0.228. The van der Waals surface area contributed by atoms with E-state index >= 15 is 0 Å². The number of carbonyl (C=O) groups excluding carboxylic acids is 2. The van der Waals surface area contributed by atoms with Crippen molar-refractivity contribution in [2.45, 2.75) is 76.8 Å². The van der Waals surface area contributed by atoms with Gasteiger partial charge in [0.1, 0.15) is 24.1 Å². The SMILES string of the molecule is CCOC(=O)[C@H]1[C@H]([C@@H]2O[C@@H]3OC(C)(C)O[C@@H]3[C@H]2OCc2ccccc2)[C@@H](C(=O)OCC)N[C@H]1c1ccc(F)cc1. The summed E-state index contributed by atoms with van der Waals surface area (Å²) in [6.45, 7) is 7.58. The molecule has 3 aliphatic rings. The molecule has 1 N–H and O–H groups in total. The van der Waals surface area contributed by atoms with Crippen molar-refractivity contribution in [2.75, 3.05) is 13.2 Å². The van der Waals surface area contributed by atoms with Crippen molar-refractivity contribution in [3.63, 3.8) is 0 Å². The molecule has 0 radical (unpaired) electrons. The second-order valence-electron chi connectivity index (χ2n) is 10.6. The third-order valence-electron chi connectivity index (χ3n) is 7.54. The topological polar surface area (TPSA) is 102 Å². The highest BCUT2D eigenvalue weighted by molar-refractivity contribution is 5.82. The predicted molar refractivity (Wildman–Crippen MR) is 140 cm³/mol. The zero-order valence-electron chi connectivity index (χ0n) is 23.1. The Balaban J connectivity index is 1.54. The minimum absolute atomic E-state index is 0.146. The van der Waals surface area contributed by atoms with E-state index in [-0.39, 0.29) is 19.8 Å². The van der Waals surface area contributed by atoms with Crippen LogP contribution in [0.15, 0.2) is 54.6 Å². The highest BCUT2D eigenvalue weighted by Crippen LogP contribution is 2.48. The summed E-state index contributed by atoms with van der Waals surface area (Å²) in [5, 5.41) is 3.29. The van der Waals surface area contributed by atoms with E-state index < -0.39 is 72.1 Å². The third kappa shape index (κ3) is 5.77. The van der Waals surface area contributed by atoms with E-state index in [9.17, 15) is 14.0 Å². The number of rotatable bonds is 9. The molecule has 0 amide bonds. The van der Waals surface area contributed by atoms with Crippen LogP contribution in [-0.2, 0) is 44.6 Å². The molecule has 9 nitrogen and oxygen atoms in total. The molecule has 0 saturated carbocycles. The lowest BCUT2D eigenvalue weighted by Crippen LogP contribution is -2.49. The van der Waals surface area contributed by atoms with Gasteiger partial charge in [-0.2, -0.15) is 0 Å². The molecule has 8 atom stereocenters. The summed E-state index contributed by atoms with van der Waals surface area (Å²) in [5.74, 6) is -4.00. The average molecular weight is 558 g/mol. The predicted octanol–water partition coefficient (Wildman–Crippen LogP) is 3.66. The van der Waals surface area contributed by atoms with E-state index in [1.165, 1.54) is 12.1 Å². The molecule has 3 fully saturated rings. The summed E-state index contributed by atoms with van der Waals surface area (Å²) in [4.78, 5) is 26.9. The zero-order chi connectivity index (χ0) is 28.4. The Bertz CT molecular complexity index is 1180. The first-order chi connectivity index (χ1) is 19.2. The number of carbonyl (C=O) groups is 2. The van der Waals surface area contributed by atoms with E-state index in [2.05, 4.69) is 5.32 Å². The van der Waals surface area contributed by atoms with Crippen molar-refractivity contribution in [3.05, 3.63) is 71.5 Å². The fraction of sp³-hybridized carbons (Fsp3) is 0.533. The largest absolute Gasteiger partial charge is 0.466 e. The second kappa shape index (κ2) is 11.9. The molecule has 2 aromatic rings. The molecule has 0 aromatic heterocycles. The van der Waals surface area contributed by atoms with Crippen molar-refractivity contribution in [1.82, 2.24) is 5.32 Å². The van der Waals surface area contributed by atoms with Crippen molar-refractivity contribution in [3.8, 4) is 0 Å². The Morgan fingerprint density at radius 2 is 1.60 bits per heavy atom. The second-order valence-corrected chi connectivity index (χ2v) is 10.6. The van der Waals surface area contributed by atoms with Crippen LogP contribution in [0.1, 0.15) is 44.9 Å². The van der Waals surface area contributed by atoms with Crippen molar-refractivity contribution < 1.29 is 42.4 Å².